The molecule has 1 saturated heterocycles. The van der Waals surface area contributed by atoms with Crippen LogP contribution >= 0.6 is 0 Å². The lowest BCUT2D eigenvalue weighted by atomic mass is 10.0. The number of nitrogens with zero attached hydrogens (tertiary/aromatic N) is 1. The van der Waals surface area contributed by atoms with Crippen LogP contribution in [0, 0.1) is 18.6 Å². The number of benzene rings is 1. The summed E-state index contributed by atoms with van der Waals surface area (Å²) in [7, 11) is 0. The molecular formula is C17H18F2N2O. The maximum atomic E-state index is 13.4. The predicted molar refractivity (Wildman–Crippen MR) is 79.3 cm³/mol. The Hall–Kier alpha value is -1.85. The van der Waals surface area contributed by atoms with Gasteiger partial charge >= 0.3 is 0 Å². The van der Waals surface area contributed by atoms with Crippen LogP contribution in [0.5, 0.6) is 0 Å². The normalized spacial score (nSPS) is 21.2. The fourth-order valence-electron chi connectivity index (χ4n) is 2.76. The molecule has 0 aliphatic carbocycles. The summed E-state index contributed by atoms with van der Waals surface area (Å²) >= 11 is 0. The van der Waals surface area contributed by atoms with Gasteiger partial charge < -0.3 is 10.1 Å². The van der Waals surface area contributed by atoms with Gasteiger partial charge in [0, 0.05) is 31.1 Å². The molecule has 1 N–H and O–H groups in total. The van der Waals surface area contributed by atoms with Crippen molar-refractivity contribution < 1.29 is 13.5 Å². The molecule has 1 fully saturated rings. The van der Waals surface area contributed by atoms with E-state index in [-0.39, 0.29) is 12.1 Å². The Kier molecular flexibility index (Phi) is 4.45. The first-order valence-electron chi connectivity index (χ1n) is 7.35. The molecule has 1 aliphatic rings. The Morgan fingerprint density at radius 1 is 1.27 bits per heavy atom. The predicted octanol–water partition coefficient (Wildman–Crippen LogP) is 3.29. The van der Waals surface area contributed by atoms with Crippen molar-refractivity contribution in [3.63, 3.8) is 0 Å². The number of hydrogen-bond acceptors (Lipinski definition) is 3. The van der Waals surface area contributed by atoms with Crippen molar-refractivity contribution in [2.24, 2.45) is 0 Å². The maximum absolute atomic E-state index is 13.4. The Morgan fingerprint density at radius 3 is 2.91 bits per heavy atom. The molecule has 1 aliphatic heterocycles. The Balaban J connectivity index is 1.70. The molecule has 3 rings (SSSR count). The van der Waals surface area contributed by atoms with Gasteiger partial charge in [0.15, 0.2) is 11.6 Å². The van der Waals surface area contributed by atoms with Crippen LogP contribution in [0.15, 0.2) is 36.5 Å². The number of aryl methyl sites for hydroxylation is 1. The van der Waals surface area contributed by atoms with E-state index in [1.165, 1.54) is 6.07 Å². The summed E-state index contributed by atoms with van der Waals surface area (Å²) in [5.41, 5.74) is 2.77. The van der Waals surface area contributed by atoms with Crippen LogP contribution < -0.4 is 5.32 Å². The molecule has 22 heavy (non-hydrogen) atoms. The summed E-state index contributed by atoms with van der Waals surface area (Å²) in [5, 5.41) is 3.44. The highest BCUT2D eigenvalue weighted by Gasteiger charge is 2.29. The monoisotopic (exact) mass is 304 g/mol. The van der Waals surface area contributed by atoms with E-state index in [4.69, 9.17) is 4.74 Å². The van der Waals surface area contributed by atoms with Crippen molar-refractivity contribution in [1.29, 1.82) is 0 Å². The van der Waals surface area contributed by atoms with E-state index in [0.29, 0.717) is 18.7 Å². The second-order valence-corrected chi connectivity index (χ2v) is 5.49. The van der Waals surface area contributed by atoms with Crippen molar-refractivity contribution in [1.82, 2.24) is 10.3 Å². The Labute approximate surface area is 128 Å². The van der Waals surface area contributed by atoms with Crippen LogP contribution in [0.25, 0.3) is 0 Å². The molecular weight excluding hydrogens is 286 g/mol. The zero-order chi connectivity index (χ0) is 15.5. The van der Waals surface area contributed by atoms with Crippen LogP contribution in [0.2, 0.25) is 0 Å². The van der Waals surface area contributed by atoms with Gasteiger partial charge in [0.05, 0.1) is 6.10 Å². The maximum Gasteiger partial charge on any atom is 0.159 e. The zero-order valence-electron chi connectivity index (χ0n) is 12.4. The second-order valence-electron chi connectivity index (χ2n) is 5.49. The molecule has 116 valence electrons. The van der Waals surface area contributed by atoms with Crippen molar-refractivity contribution in [2.45, 2.75) is 32.0 Å². The molecule has 0 amide bonds. The van der Waals surface area contributed by atoms with Gasteiger partial charge in [-0.3, -0.25) is 4.98 Å². The number of ether oxygens (including phenoxy) is 1. The molecule has 0 radical (unpaired) electrons. The summed E-state index contributed by atoms with van der Waals surface area (Å²) in [6.07, 6.45) is 2.34. The van der Waals surface area contributed by atoms with Crippen molar-refractivity contribution in [3.8, 4) is 0 Å². The van der Waals surface area contributed by atoms with Crippen LogP contribution in [0.1, 0.15) is 29.3 Å². The first kappa shape index (κ1) is 15.1. The van der Waals surface area contributed by atoms with Crippen LogP contribution in [0.4, 0.5) is 8.78 Å². The molecule has 2 heterocycles. The lowest BCUT2D eigenvalue weighted by Crippen LogP contribution is -2.31. The molecule has 5 heteroatoms. The number of rotatable bonds is 4. The minimum atomic E-state index is -0.838. The van der Waals surface area contributed by atoms with Gasteiger partial charge in [0.2, 0.25) is 0 Å². The van der Waals surface area contributed by atoms with E-state index in [0.717, 1.165) is 23.7 Å². The highest BCUT2D eigenvalue weighted by molar-refractivity contribution is 5.23. The van der Waals surface area contributed by atoms with Gasteiger partial charge in [-0.25, -0.2) is 8.78 Å². The second kappa shape index (κ2) is 6.50. The lowest BCUT2D eigenvalue weighted by molar-refractivity contribution is 0.0981. The number of halogens is 2. The van der Waals surface area contributed by atoms with Gasteiger partial charge in [-0.05, 0) is 42.7 Å². The molecule has 3 nitrogen and oxygen atoms in total. The molecule has 2 aromatic rings. The molecule has 1 aromatic heterocycles. The van der Waals surface area contributed by atoms with E-state index in [9.17, 15) is 8.78 Å². The quantitative estimate of drug-likeness (QED) is 0.941. The largest absolute Gasteiger partial charge is 0.372 e. The summed E-state index contributed by atoms with van der Waals surface area (Å²) in [6.45, 7) is 3.25. The Bertz CT molecular complexity index is 663. The smallest absolute Gasteiger partial charge is 0.159 e. The fourth-order valence-corrected chi connectivity index (χ4v) is 2.76. The van der Waals surface area contributed by atoms with E-state index in [2.05, 4.69) is 10.3 Å². The van der Waals surface area contributed by atoms with Gasteiger partial charge in [0.25, 0.3) is 0 Å². The first-order chi connectivity index (χ1) is 10.6. The lowest BCUT2D eigenvalue weighted by Gasteiger charge is -2.21. The van der Waals surface area contributed by atoms with Gasteiger partial charge in [-0.15, -0.1) is 0 Å². The number of nitrogens with one attached hydrogen (secondary N) is 1. The third-order valence-corrected chi connectivity index (χ3v) is 4.03. The number of hydrogen-bond donors (Lipinski definition) is 1. The summed E-state index contributed by atoms with van der Waals surface area (Å²) in [4.78, 5) is 4.26. The molecule has 0 spiro atoms. The Morgan fingerprint density at radius 2 is 2.14 bits per heavy atom. The third-order valence-electron chi connectivity index (χ3n) is 4.03. The van der Waals surface area contributed by atoms with Crippen LogP contribution in [0.3, 0.4) is 0 Å². The molecule has 1 aromatic carbocycles. The minimum absolute atomic E-state index is 0.0736. The third kappa shape index (κ3) is 3.15. The first-order valence-corrected chi connectivity index (χ1v) is 7.35. The summed E-state index contributed by atoms with van der Waals surface area (Å²) in [5.74, 6) is -1.67. The average molecular weight is 304 g/mol. The van der Waals surface area contributed by atoms with Crippen LogP contribution in [-0.4, -0.2) is 17.6 Å². The van der Waals surface area contributed by atoms with E-state index < -0.39 is 11.6 Å². The molecule has 0 saturated carbocycles. The standard InChI is InChI=1S/C17H18F2N2O/c1-11-13(3-2-7-20-11)10-21-16-6-8-22-17(16)12-4-5-14(18)15(19)9-12/h2-5,7,9,16-17,21H,6,8,10H2,1H3/t16-,17+/m1/s1. The van der Waals surface area contributed by atoms with Gasteiger partial charge in [0.1, 0.15) is 0 Å². The fraction of sp³-hybridized carbons (Fsp3) is 0.353. The number of pyridine rings is 1. The van der Waals surface area contributed by atoms with Gasteiger partial charge in [-0.2, -0.15) is 0 Å². The molecule has 2 atom stereocenters. The van der Waals surface area contributed by atoms with Crippen LogP contribution in [-0.2, 0) is 11.3 Å². The highest BCUT2D eigenvalue weighted by Crippen LogP contribution is 2.30. The zero-order valence-corrected chi connectivity index (χ0v) is 12.4. The van der Waals surface area contributed by atoms with Crippen molar-refractivity contribution in [2.75, 3.05) is 6.61 Å². The van der Waals surface area contributed by atoms with Gasteiger partial charge in [-0.1, -0.05) is 12.1 Å². The topological polar surface area (TPSA) is 34.2 Å². The molecule has 0 unspecified atom stereocenters. The van der Waals surface area contributed by atoms with E-state index in [1.54, 1.807) is 12.3 Å². The number of aromatic nitrogens is 1. The highest BCUT2D eigenvalue weighted by atomic mass is 19.2. The SMILES string of the molecule is Cc1ncccc1CN[C@@H]1CCO[C@H]1c1ccc(F)c(F)c1. The van der Waals surface area contributed by atoms with Crippen molar-refractivity contribution >= 4 is 0 Å². The van der Waals surface area contributed by atoms with E-state index in [1.807, 2.05) is 19.1 Å². The average Bonchev–Trinajstić information content (AvgIpc) is 2.98. The summed E-state index contributed by atoms with van der Waals surface area (Å²) < 4.78 is 32.2. The molecule has 0 bridgehead atoms. The minimum Gasteiger partial charge on any atom is -0.372 e. The van der Waals surface area contributed by atoms with E-state index >= 15 is 0 Å². The summed E-state index contributed by atoms with van der Waals surface area (Å²) in [6, 6.07) is 7.95. The van der Waals surface area contributed by atoms with Crippen molar-refractivity contribution in [3.05, 3.63) is 65.0 Å².